The van der Waals surface area contributed by atoms with Gasteiger partial charge in [0.1, 0.15) is 23.0 Å². The van der Waals surface area contributed by atoms with Crippen LogP contribution in [0.3, 0.4) is 0 Å². The number of nitrogens with one attached hydrogen (secondary N) is 2. The van der Waals surface area contributed by atoms with Gasteiger partial charge < -0.3 is 20.6 Å². The summed E-state index contributed by atoms with van der Waals surface area (Å²) in [5, 5.41) is 26.1. The summed E-state index contributed by atoms with van der Waals surface area (Å²) in [6, 6.07) is 2.72. The number of non-ortho nitro benzene ring substituents is 1. The van der Waals surface area contributed by atoms with Gasteiger partial charge in [-0.15, -0.1) is 0 Å². The third-order valence-corrected chi connectivity index (χ3v) is 6.35. The smallest absolute Gasteiger partial charge is 0.416 e. The van der Waals surface area contributed by atoms with Crippen molar-refractivity contribution in [2.75, 3.05) is 23.3 Å². The number of carbonyl (C=O) groups is 1. The third-order valence-electron chi connectivity index (χ3n) is 6.35. The van der Waals surface area contributed by atoms with E-state index < -0.39 is 34.5 Å². The number of carboxylic acid groups (broad SMARTS) is 1. The van der Waals surface area contributed by atoms with Crippen molar-refractivity contribution < 1.29 is 28.0 Å². The molecular weight excluding hydrogens is 511 g/mol. The van der Waals surface area contributed by atoms with E-state index in [9.17, 15) is 32.9 Å². The SMILES string of the molecule is Cc1nc(N[C@H](C)c2cc([N+](=O)[O-])cc(C(F)(F)F)c2)c2cc(N3CC[C@H](NC(=O)O)C3)c(=O)n(C)c2n1. The summed E-state index contributed by atoms with van der Waals surface area (Å²) in [6.45, 7) is 3.82. The molecule has 12 nitrogen and oxygen atoms in total. The second-order valence-corrected chi connectivity index (χ2v) is 9.07. The maximum atomic E-state index is 13.4. The van der Waals surface area contributed by atoms with Crippen LogP contribution in [-0.2, 0) is 13.2 Å². The molecule has 1 fully saturated rings. The van der Waals surface area contributed by atoms with E-state index in [1.807, 2.05) is 0 Å². The van der Waals surface area contributed by atoms with E-state index in [2.05, 4.69) is 20.6 Å². The Kier molecular flexibility index (Phi) is 6.86. The molecule has 2 aromatic heterocycles. The molecule has 15 heteroatoms. The van der Waals surface area contributed by atoms with Gasteiger partial charge in [-0.25, -0.2) is 14.8 Å². The molecule has 1 amide bonds. The molecule has 3 N–H and O–H groups in total. The first-order valence-corrected chi connectivity index (χ1v) is 11.5. The van der Waals surface area contributed by atoms with Crippen LogP contribution in [0.4, 0.5) is 35.2 Å². The van der Waals surface area contributed by atoms with Crippen molar-refractivity contribution in [3.05, 3.63) is 61.7 Å². The van der Waals surface area contributed by atoms with Gasteiger partial charge in [-0.3, -0.25) is 19.5 Å². The maximum Gasteiger partial charge on any atom is 0.416 e. The number of nitro groups is 1. The molecule has 1 aliphatic heterocycles. The highest BCUT2D eigenvalue weighted by Crippen LogP contribution is 2.35. The number of amides is 1. The van der Waals surface area contributed by atoms with Gasteiger partial charge in [0, 0.05) is 32.3 Å². The van der Waals surface area contributed by atoms with Gasteiger partial charge in [-0.05, 0) is 38.0 Å². The minimum atomic E-state index is -4.78. The first-order chi connectivity index (χ1) is 17.7. The third kappa shape index (κ3) is 5.31. The second-order valence-electron chi connectivity index (χ2n) is 9.07. The number of aryl methyl sites for hydroxylation is 2. The fourth-order valence-electron chi connectivity index (χ4n) is 4.47. The van der Waals surface area contributed by atoms with Crippen molar-refractivity contribution in [1.29, 1.82) is 0 Å². The Morgan fingerprint density at radius 3 is 2.61 bits per heavy atom. The predicted octanol–water partition coefficient (Wildman–Crippen LogP) is 3.58. The molecular formula is C23H24F3N7O5. The normalized spacial score (nSPS) is 16.5. The summed E-state index contributed by atoms with van der Waals surface area (Å²) >= 11 is 0. The Morgan fingerprint density at radius 2 is 1.97 bits per heavy atom. The van der Waals surface area contributed by atoms with Gasteiger partial charge in [0.15, 0.2) is 0 Å². The van der Waals surface area contributed by atoms with Crippen LogP contribution in [0.2, 0.25) is 0 Å². The molecule has 1 aliphatic rings. The lowest BCUT2D eigenvalue weighted by Gasteiger charge is -2.22. The molecule has 3 aromatic rings. The molecule has 202 valence electrons. The lowest BCUT2D eigenvalue weighted by atomic mass is 10.0. The van der Waals surface area contributed by atoms with Crippen molar-refractivity contribution in [3.63, 3.8) is 0 Å². The summed E-state index contributed by atoms with van der Waals surface area (Å²) in [4.78, 5) is 45.0. The Bertz CT molecular complexity index is 1490. The van der Waals surface area contributed by atoms with E-state index in [0.717, 1.165) is 12.1 Å². The van der Waals surface area contributed by atoms with Gasteiger partial charge in [0.2, 0.25) is 0 Å². The average Bonchev–Trinajstić information content (AvgIpc) is 3.28. The van der Waals surface area contributed by atoms with E-state index in [1.165, 1.54) is 18.5 Å². The molecule has 0 spiro atoms. The van der Waals surface area contributed by atoms with Crippen molar-refractivity contribution >= 4 is 34.3 Å². The number of anilines is 2. The summed E-state index contributed by atoms with van der Waals surface area (Å²) in [5.74, 6) is 0.508. The van der Waals surface area contributed by atoms with Gasteiger partial charge >= 0.3 is 12.3 Å². The topological polar surface area (TPSA) is 156 Å². The molecule has 38 heavy (non-hydrogen) atoms. The number of rotatable bonds is 6. The van der Waals surface area contributed by atoms with Crippen molar-refractivity contribution in [2.24, 2.45) is 7.05 Å². The quantitative estimate of drug-likeness (QED) is 0.317. The Labute approximate surface area is 213 Å². The first kappa shape index (κ1) is 26.6. The lowest BCUT2D eigenvalue weighted by Crippen LogP contribution is -2.37. The molecule has 2 atom stereocenters. The molecule has 1 aromatic carbocycles. The van der Waals surface area contributed by atoms with Gasteiger partial charge in [0.05, 0.1) is 28.0 Å². The average molecular weight is 535 g/mol. The lowest BCUT2D eigenvalue weighted by molar-refractivity contribution is -0.385. The van der Waals surface area contributed by atoms with Crippen LogP contribution in [0.1, 0.15) is 36.3 Å². The van der Waals surface area contributed by atoms with Gasteiger partial charge in [0.25, 0.3) is 11.2 Å². The highest BCUT2D eigenvalue weighted by Gasteiger charge is 2.33. The van der Waals surface area contributed by atoms with Crippen LogP contribution >= 0.6 is 0 Å². The highest BCUT2D eigenvalue weighted by atomic mass is 19.4. The highest BCUT2D eigenvalue weighted by molar-refractivity contribution is 5.89. The maximum absolute atomic E-state index is 13.4. The van der Waals surface area contributed by atoms with Crippen molar-refractivity contribution in [2.45, 2.75) is 38.5 Å². The Balaban J connectivity index is 1.76. The molecule has 1 saturated heterocycles. The molecule has 0 unspecified atom stereocenters. The number of halogens is 3. The molecule has 0 saturated carbocycles. The number of alkyl halides is 3. The number of hydrogen-bond donors (Lipinski definition) is 3. The number of benzene rings is 1. The van der Waals surface area contributed by atoms with Crippen molar-refractivity contribution in [1.82, 2.24) is 19.9 Å². The number of nitro benzene ring substituents is 1. The molecule has 0 aliphatic carbocycles. The largest absolute Gasteiger partial charge is 0.465 e. The fourth-order valence-corrected chi connectivity index (χ4v) is 4.47. The molecule has 0 bridgehead atoms. The van der Waals surface area contributed by atoms with Crippen LogP contribution in [-0.4, -0.2) is 49.8 Å². The number of pyridine rings is 1. The summed E-state index contributed by atoms with van der Waals surface area (Å²) in [7, 11) is 1.52. The van der Waals surface area contributed by atoms with E-state index in [-0.39, 0.29) is 46.7 Å². The van der Waals surface area contributed by atoms with E-state index >= 15 is 0 Å². The summed E-state index contributed by atoms with van der Waals surface area (Å²) in [6.07, 6.45) is -5.45. The number of hydrogen-bond acceptors (Lipinski definition) is 8. The summed E-state index contributed by atoms with van der Waals surface area (Å²) < 4.78 is 41.5. The van der Waals surface area contributed by atoms with Crippen LogP contribution in [0.15, 0.2) is 29.1 Å². The van der Waals surface area contributed by atoms with Crippen LogP contribution in [0.25, 0.3) is 11.0 Å². The van der Waals surface area contributed by atoms with E-state index in [0.29, 0.717) is 24.4 Å². The Morgan fingerprint density at radius 1 is 1.26 bits per heavy atom. The van der Waals surface area contributed by atoms with Gasteiger partial charge in [-0.1, -0.05) is 0 Å². The molecule has 3 heterocycles. The molecule has 4 rings (SSSR count). The minimum absolute atomic E-state index is 0.0168. The number of fused-ring (bicyclic) bond motifs is 1. The number of nitrogens with zero attached hydrogens (tertiary/aromatic N) is 5. The van der Waals surface area contributed by atoms with Gasteiger partial charge in [-0.2, -0.15) is 13.2 Å². The van der Waals surface area contributed by atoms with Crippen LogP contribution in [0.5, 0.6) is 0 Å². The van der Waals surface area contributed by atoms with Crippen LogP contribution in [0, 0.1) is 17.0 Å². The monoisotopic (exact) mass is 535 g/mol. The summed E-state index contributed by atoms with van der Waals surface area (Å²) in [5.41, 5.74) is -1.64. The standard InChI is InChI=1S/C23H24F3N7O5/c1-11(13-6-14(23(24,25)26)8-16(7-13)33(37)38)27-19-17-9-18(32-5-4-15(10-32)30-22(35)36)21(34)31(3)20(17)29-12(2)28-19/h6-9,11,15,30H,4-5,10H2,1-3H3,(H,35,36)(H,27,28,29)/t11-,15+/m1/s1. The second kappa shape index (κ2) is 9.79. The fraction of sp³-hybridized carbons (Fsp3) is 0.391. The minimum Gasteiger partial charge on any atom is -0.465 e. The zero-order valence-corrected chi connectivity index (χ0v) is 20.5. The Hall–Kier alpha value is -4.43. The van der Waals surface area contributed by atoms with Crippen molar-refractivity contribution in [3.8, 4) is 0 Å². The van der Waals surface area contributed by atoms with Crippen LogP contribution < -0.4 is 21.1 Å². The predicted molar refractivity (Wildman–Crippen MR) is 131 cm³/mol. The molecule has 0 radical (unpaired) electrons. The number of aromatic nitrogens is 3. The zero-order chi connectivity index (χ0) is 27.9. The zero-order valence-electron chi connectivity index (χ0n) is 20.5. The van der Waals surface area contributed by atoms with E-state index in [1.54, 1.807) is 17.9 Å². The van der Waals surface area contributed by atoms with E-state index in [4.69, 9.17) is 5.11 Å². The first-order valence-electron chi connectivity index (χ1n) is 11.5.